The Kier molecular flexibility index (Phi) is 3.04. The third-order valence-corrected chi connectivity index (χ3v) is 2.95. The molecule has 0 saturated heterocycles. The summed E-state index contributed by atoms with van der Waals surface area (Å²) in [6.45, 7) is 1.91. The summed E-state index contributed by atoms with van der Waals surface area (Å²) in [6.07, 6.45) is 1.11. The average molecular weight is 217 g/mol. The molecule has 3 heteroatoms. The number of carbonyl (C=O) groups is 1. The molecule has 84 valence electrons. The first kappa shape index (κ1) is 10.9. The van der Waals surface area contributed by atoms with E-state index in [1.165, 1.54) is 0 Å². The molecule has 0 bridgehead atoms. The molecular weight excluding hydrogens is 200 g/mol. The number of benzene rings is 1. The van der Waals surface area contributed by atoms with Crippen molar-refractivity contribution in [2.45, 2.75) is 6.42 Å². The molecule has 1 aromatic carbocycles. The molecule has 2 rings (SSSR count). The maximum absolute atomic E-state index is 12.3. The third-order valence-electron chi connectivity index (χ3n) is 2.95. The fraction of sp³-hybridized carbons (Fsp3) is 0.385. The van der Waals surface area contributed by atoms with Crippen molar-refractivity contribution in [3.63, 3.8) is 0 Å². The molecular formula is C13H17N2O+. The minimum absolute atomic E-state index is 0.116. The van der Waals surface area contributed by atoms with Crippen LogP contribution in [0.5, 0.6) is 0 Å². The van der Waals surface area contributed by atoms with Crippen molar-refractivity contribution in [1.29, 1.82) is 0 Å². The Hall–Kier alpha value is -1.64. The maximum atomic E-state index is 12.3. The lowest BCUT2D eigenvalue weighted by molar-refractivity contribution is -0.506. The Labute approximate surface area is 96.0 Å². The van der Waals surface area contributed by atoms with Crippen LogP contribution in [0.2, 0.25) is 0 Å². The molecule has 0 saturated carbocycles. The van der Waals surface area contributed by atoms with Crippen molar-refractivity contribution in [3.8, 4) is 0 Å². The van der Waals surface area contributed by atoms with Gasteiger partial charge in [0.2, 0.25) is 0 Å². The van der Waals surface area contributed by atoms with E-state index in [1.54, 1.807) is 0 Å². The van der Waals surface area contributed by atoms with Crippen LogP contribution in [-0.4, -0.2) is 48.3 Å². The van der Waals surface area contributed by atoms with Gasteiger partial charge in [0.15, 0.2) is 0 Å². The van der Waals surface area contributed by atoms with Crippen LogP contribution in [0.3, 0.4) is 0 Å². The number of ketones is 1. The van der Waals surface area contributed by atoms with Crippen LogP contribution < -0.4 is 0 Å². The van der Waals surface area contributed by atoms with Crippen LogP contribution in [0, 0.1) is 0 Å². The summed E-state index contributed by atoms with van der Waals surface area (Å²) in [5.41, 5.74) is 0.762. The highest BCUT2D eigenvalue weighted by atomic mass is 16.1. The van der Waals surface area contributed by atoms with Gasteiger partial charge in [0.1, 0.15) is 0 Å². The molecule has 1 aliphatic rings. The second kappa shape index (κ2) is 4.47. The van der Waals surface area contributed by atoms with E-state index < -0.39 is 0 Å². The largest absolute Gasteiger partial charge is 0.320 e. The van der Waals surface area contributed by atoms with Gasteiger partial charge in [-0.15, -0.1) is 0 Å². The summed E-state index contributed by atoms with van der Waals surface area (Å²) in [6, 6.07) is 9.46. The Bertz CT molecular complexity index is 423. The topological polar surface area (TPSA) is 23.3 Å². The van der Waals surface area contributed by atoms with Crippen molar-refractivity contribution >= 4 is 11.6 Å². The van der Waals surface area contributed by atoms with E-state index in [0.717, 1.165) is 30.9 Å². The van der Waals surface area contributed by atoms with Crippen molar-refractivity contribution in [1.82, 2.24) is 4.90 Å². The number of hydrogen-bond acceptors (Lipinski definition) is 2. The Balaban J connectivity index is 2.35. The fourth-order valence-electron chi connectivity index (χ4n) is 2.11. The van der Waals surface area contributed by atoms with E-state index >= 15 is 0 Å². The van der Waals surface area contributed by atoms with E-state index in [4.69, 9.17) is 0 Å². The van der Waals surface area contributed by atoms with Crippen molar-refractivity contribution in [2.75, 3.05) is 27.2 Å². The summed E-state index contributed by atoms with van der Waals surface area (Å²) in [7, 11) is 3.96. The van der Waals surface area contributed by atoms with Gasteiger partial charge < -0.3 is 0 Å². The van der Waals surface area contributed by atoms with Gasteiger partial charge in [-0.1, -0.05) is 30.3 Å². The highest BCUT2D eigenvalue weighted by Crippen LogP contribution is 2.07. The Morgan fingerprint density at radius 3 is 2.62 bits per heavy atom. The van der Waals surface area contributed by atoms with Crippen molar-refractivity contribution in [2.24, 2.45) is 0 Å². The van der Waals surface area contributed by atoms with E-state index in [9.17, 15) is 4.79 Å². The lowest BCUT2D eigenvalue weighted by Crippen LogP contribution is -2.45. The molecule has 0 atom stereocenters. The molecule has 16 heavy (non-hydrogen) atoms. The van der Waals surface area contributed by atoms with Crippen LogP contribution in [0.1, 0.15) is 16.8 Å². The van der Waals surface area contributed by atoms with E-state index in [-0.39, 0.29) is 5.78 Å². The zero-order valence-corrected chi connectivity index (χ0v) is 9.81. The van der Waals surface area contributed by atoms with Crippen LogP contribution in [0.25, 0.3) is 0 Å². The molecule has 1 aliphatic heterocycles. The second-order valence-electron chi connectivity index (χ2n) is 4.22. The summed E-state index contributed by atoms with van der Waals surface area (Å²) in [5.74, 6) is 0.919. The van der Waals surface area contributed by atoms with Gasteiger partial charge >= 0.3 is 5.84 Å². The van der Waals surface area contributed by atoms with Crippen LogP contribution in [0.15, 0.2) is 30.3 Å². The maximum Gasteiger partial charge on any atom is 0.320 e. The Morgan fingerprint density at radius 2 is 2.00 bits per heavy atom. The monoisotopic (exact) mass is 217 g/mol. The smallest absolute Gasteiger partial charge is 0.280 e. The van der Waals surface area contributed by atoms with E-state index in [2.05, 4.69) is 0 Å². The minimum atomic E-state index is 0.116. The zero-order chi connectivity index (χ0) is 11.5. The summed E-state index contributed by atoms with van der Waals surface area (Å²) in [5, 5.41) is 0. The van der Waals surface area contributed by atoms with Gasteiger partial charge in [-0.2, -0.15) is 0 Å². The summed E-state index contributed by atoms with van der Waals surface area (Å²) < 4.78 is 2.04. The molecule has 0 N–H and O–H groups in total. The Morgan fingerprint density at radius 1 is 1.31 bits per heavy atom. The van der Waals surface area contributed by atoms with Gasteiger partial charge in [0.05, 0.1) is 27.2 Å². The number of amidine groups is 1. The normalized spacial score (nSPS) is 16.5. The summed E-state index contributed by atoms with van der Waals surface area (Å²) in [4.78, 5) is 14.3. The first-order valence-electron chi connectivity index (χ1n) is 5.59. The second-order valence-corrected chi connectivity index (χ2v) is 4.22. The summed E-state index contributed by atoms with van der Waals surface area (Å²) >= 11 is 0. The molecule has 0 amide bonds. The first-order chi connectivity index (χ1) is 7.70. The molecule has 1 heterocycles. The van der Waals surface area contributed by atoms with Gasteiger partial charge in [-0.25, -0.2) is 0 Å². The van der Waals surface area contributed by atoms with Crippen LogP contribution in [-0.2, 0) is 0 Å². The van der Waals surface area contributed by atoms with Gasteiger partial charge in [-0.05, 0) is 0 Å². The minimum Gasteiger partial charge on any atom is -0.280 e. The molecule has 0 unspecified atom stereocenters. The quantitative estimate of drug-likeness (QED) is 0.549. The van der Waals surface area contributed by atoms with E-state index in [0.29, 0.717) is 0 Å². The number of hydrogen-bond donors (Lipinski definition) is 0. The highest BCUT2D eigenvalue weighted by Gasteiger charge is 2.29. The van der Waals surface area contributed by atoms with Gasteiger partial charge in [0.25, 0.3) is 5.78 Å². The number of rotatable bonds is 2. The number of Topliss-reactive ketones (excluding diaryl/α,β-unsaturated/α-hetero) is 1. The number of carbonyl (C=O) groups excluding carboxylic acids is 1. The lowest BCUT2D eigenvalue weighted by Gasteiger charge is -2.21. The lowest BCUT2D eigenvalue weighted by atomic mass is 10.1. The van der Waals surface area contributed by atoms with Crippen molar-refractivity contribution in [3.05, 3.63) is 35.9 Å². The molecule has 0 radical (unpaired) electrons. The van der Waals surface area contributed by atoms with Gasteiger partial charge in [-0.3, -0.25) is 14.3 Å². The predicted octanol–water partition coefficient (Wildman–Crippen LogP) is 1.25. The molecule has 1 aromatic rings. The predicted molar refractivity (Wildman–Crippen MR) is 64.1 cm³/mol. The van der Waals surface area contributed by atoms with Gasteiger partial charge in [0, 0.05) is 12.0 Å². The zero-order valence-electron chi connectivity index (χ0n) is 9.81. The molecule has 0 aromatic heterocycles. The number of likely N-dealkylation sites (N-methyl/N-ethyl adjacent to an activating group) is 1. The standard InChI is InChI=1S/C13H17N2O/c1-14-9-6-10-15(2)13(14)12(16)11-7-4-3-5-8-11/h3-5,7-8H,6,9-10H2,1-2H3/q+1. The molecule has 3 nitrogen and oxygen atoms in total. The van der Waals surface area contributed by atoms with Crippen molar-refractivity contribution < 1.29 is 9.37 Å². The number of nitrogens with zero attached hydrogens (tertiary/aromatic N) is 2. The van der Waals surface area contributed by atoms with Crippen LogP contribution in [0.4, 0.5) is 0 Å². The van der Waals surface area contributed by atoms with Crippen LogP contribution >= 0.6 is 0 Å². The SMILES string of the molecule is CN1CCC[N+](C)=C1C(=O)c1ccccc1. The molecule has 0 fully saturated rings. The third kappa shape index (κ3) is 1.98. The molecule has 0 aliphatic carbocycles. The van der Waals surface area contributed by atoms with E-state index in [1.807, 2.05) is 53.9 Å². The first-order valence-corrected chi connectivity index (χ1v) is 5.59. The molecule has 0 spiro atoms. The average Bonchev–Trinajstić information content (AvgIpc) is 2.30. The highest BCUT2D eigenvalue weighted by molar-refractivity contribution is 6.43. The fourth-order valence-corrected chi connectivity index (χ4v) is 2.11.